The smallest absolute Gasteiger partial charge is 0.150 e. The van der Waals surface area contributed by atoms with E-state index in [0.717, 1.165) is 16.5 Å². The van der Waals surface area contributed by atoms with E-state index < -0.39 is 9.84 Å². The fourth-order valence-electron chi connectivity index (χ4n) is 2.66. The Labute approximate surface area is 118 Å². The van der Waals surface area contributed by atoms with Crippen LogP contribution < -0.4 is 0 Å². The van der Waals surface area contributed by atoms with E-state index in [2.05, 4.69) is 11.1 Å². The molecular weight excluding hydrogens is 272 g/mol. The zero-order valence-corrected chi connectivity index (χ0v) is 11.7. The van der Waals surface area contributed by atoms with Crippen LogP contribution in [-0.2, 0) is 9.84 Å². The Balaban J connectivity index is 1.95. The number of fused-ring (bicyclic) bond motifs is 1. The molecule has 0 unspecified atom stereocenters. The summed E-state index contributed by atoms with van der Waals surface area (Å²) in [6.07, 6.45) is 3.15. The van der Waals surface area contributed by atoms with Gasteiger partial charge in [0.1, 0.15) is 9.84 Å². The first kappa shape index (κ1) is 13.1. The summed E-state index contributed by atoms with van der Waals surface area (Å²) >= 11 is 0. The van der Waals surface area contributed by atoms with Crippen molar-refractivity contribution < 1.29 is 8.42 Å². The highest BCUT2D eigenvalue weighted by atomic mass is 32.2. The second kappa shape index (κ2) is 4.88. The van der Waals surface area contributed by atoms with Gasteiger partial charge in [0.05, 0.1) is 28.7 Å². The number of rotatable bonds is 1. The minimum Gasteiger partial charge on any atom is -0.256 e. The number of hydrogen-bond acceptors (Lipinski definition) is 4. The number of benzene rings is 1. The van der Waals surface area contributed by atoms with Crippen molar-refractivity contribution in [1.82, 2.24) is 4.98 Å². The van der Waals surface area contributed by atoms with Crippen LogP contribution >= 0.6 is 0 Å². The summed E-state index contributed by atoms with van der Waals surface area (Å²) < 4.78 is 22.9. The Morgan fingerprint density at radius 2 is 1.95 bits per heavy atom. The monoisotopic (exact) mass is 286 g/mol. The highest BCUT2D eigenvalue weighted by Crippen LogP contribution is 2.30. The number of sulfone groups is 1. The van der Waals surface area contributed by atoms with Crippen molar-refractivity contribution in [3.63, 3.8) is 0 Å². The van der Waals surface area contributed by atoms with E-state index in [9.17, 15) is 8.42 Å². The minimum absolute atomic E-state index is 0.251. The third-order valence-electron chi connectivity index (χ3n) is 3.86. The molecule has 0 spiro atoms. The normalized spacial score (nSPS) is 18.8. The molecule has 1 aromatic heterocycles. The van der Waals surface area contributed by atoms with Crippen LogP contribution in [0.4, 0.5) is 0 Å². The molecule has 1 aliphatic rings. The van der Waals surface area contributed by atoms with Crippen LogP contribution in [0.25, 0.3) is 10.9 Å². The lowest BCUT2D eigenvalue weighted by Crippen LogP contribution is -2.22. The average molecular weight is 286 g/mol. The Hall–Kier alpha value is -1.93. The Morgan fingerprint density at radius 3 is 2.65 bits per heavy atom. The summed E-state index contributed by atoms with van der Waals surface area (Å²) in [5, 5.41) is 9.88. The largest absolute Gasteiger partial charge is 0.256 e. The average Bonchev–Trinajstić information content (AvgIpc) is 2.46. The van der Waals surface area contributed by atoms with Gasteiger partial charge < -0.3 is 0 Å². The molecule has 1 aromatic carbocycles. The quantitative estimate of drug-likeness (QED) is 0.807. The molecule has 0 N–H and O–H groups in total. The van der Waals surface area contributed by atoms with Crippen LogP contribution in [0, 0.1) is 11.3 Å². The molecule has 0 bridgehead atoms. The fourth-order valence-corrected chi connectivity index (χ4v) is 4.16. The predicted molar refractivity (Wildman–Crippen MR) is 77.1 cm³/mol. The fraction of sp³-hybridized carbons (Fsp3) is 0.333. The van der Waals surface area contributed by atoms with Gasteiger partial charge in [0.15, 0.2) is 0 Å². The van der Waals surface area contributed by atoms with Crippen molar-refractivity contribution in [2.45, 2.75) is 18.8 Å². The van der Waals surface area contributed by atoms with Gasteiger partial charge >= 0.3 is 0 Å². The Kier molecular flexibility index (Phi) is 3.19. The molecule has 1 saturated heterocycles. The second-order valence-corrected chi connectivity index (χ2v) is 7.52. The van der Waals surface area contributed by atoms with Gasteiger partial charge in [-0.3, -0.25) is 4.98 Å². The maximum absolute atomic E-state index is 11.5. The van der Waals surface area contributed by atoms with Gasteiger partial charge in [-0.05, 0) is 48.6 Å². The molecule has 2 heterocycles. The maximum Gasteiger partial charge on any atom is 0.150 e. The van der Waals surface area contributed by atoms with E-state index in [1.165, 1.54) is 0 Å². The maximum atomic E-state index is 11.5. The molecule has 3 rings (SSSR count). The zero-order valence-electron chi connectivity index (χ0n) is 10.9. The van der Waals surface area contributed by atoms with Crippen LogP contribution in [0.1, 0.15) is 29.9 Å². The second-order valence-electron chi connectivity index (χ2n) is 5.21. The molecule has 4 nitrogen and oxygen atoms in total. The first-order valence-corrected chi connectivity index (χ1v) is 8.40. The molecule has 5 heteroatoms. The summed E-state index contributed by atoms with van der Waals surface area (Å²) in [5.74, 6) is 0.767. The van der Waals surface area contributed by atoms with Crippen molar-refractivity contribution in [2.75, 3.05) is 11.5 Å². The molecule has 0 radical (unpaired) electrons. The number of pyridine rings is 1. The zero-order chi connectivity index (χ0) is 14.2. The molecule has 0 atom stereocenters. The van der Waals surface area contributed by atoms with Crippen molar-refractivity contribution in [1.29, 1.82) is 5.26 Å². The van der Waals surface area contributed by atoms with Crippen LogP contribution in [0.15, 0.2) is 30.5 Å². The highest BCUT2D eigenvalue weighted by molar-refractivity contribution is 7.91. The number of hydrogen-bond donors (Lipinski definition) is 0. The van der Waals surface area contributed by atoms with Crippen LogP contribution in [0.3, 0.4) is 0 Å². The molecule has 102 valence electrons. The number of nitriles is 1. The third-order valence-corrected chi connectivity index (χ3v) is 5.57. The number of nitrogens with zero attached hydrogens (tertiary/aromatic N) is 2. The summed E-state index contributed by atoms with van der Waals surface area (Å²) in [6.45, 7) is 0. The highest BCUT2D eigenvalue weighted by Gasteiger charge is 2.24. The summed E-state index contributed by atoms with van der Waals surface area (Å²) in [6, 6.07) is 9.57. The number of aromatic nitrogens is 1. The third kappa shape index (κ3) is 2.52. The lowest BCUT2D eigenvalue weighted by atomic mass is 9.94. The molecule has 1 aliphatic heterocycles. The van der Waals surface area contributed by atoms with Gasteiger partial charge in [0.25, 0.3) is 0 Å². The van der Waals surface area contributed by atoms with Crippen molar-refractivity contribution in [2.24, 2.45) is 0 Å². The lowest BCUT2D eigenvalue weighted by Gasteiger charge is -2.22. The van der Waals surface area contributed by atoms with Gasteiger partial charge in [-0.15, -0.1) is 0 Å². The van der Waals surface area contributed by atoms with Crippen LogP contribution in [0.5, 0.6) is 0 Å². The van der Waals surface area contributed by atoms with Crippen molar-refractivity contribution in [3.05, 3.63) is 41.6 Å². The Bertz CT molecular complexity index is 792. The SMILES string of the molecule is N#Cc1ccc2ncc(C3CCS(=O)(=O)CC3)cc2c1. The van der Waals surface area contributed by atoms with Gasteiger partial charge in [-0.25, -0.2) is 8.42 Å². The predicted octanol–water partition coefficient (Wildman–Crippen LogP) is 2.40. The van der Waals surface area contributed by atoms with Gasteiger partial charge in [-0.1, -0.05) is 0 Å². The van der Waals surface area contributed by atoms with Gasteiger partial charge in [0, 0.05) is 11.6 Å². The van der Waals surface area contributed by atoms with E-state index in [-0.39, 0.29) is 17.4 Å². The van der Waals surface area contributed by atoms with Crippen LogP contribution in [0.2, 0.25) is 0 Å². The Morgan fingerprint density at radius 1 is 1.20 bits per heavy atom. The van der Waals surface area contributed by atoms with E-state index in [1.807, 2.05) is 24.4 Å². The topological polar surface area (TPSA) is 70.8 Å². The standard InChI is InChI=1S/C15H14N2O2S/c16-9-11-1-2-15-13(7-11)8-14(10-17-15)12-3-5-20(18,19)6-4-12/h1-2,7-8,10,12H,3-6H2. The van der Waals surface area contributed by atoms with E-state index in [0.29, 0.717) is 18.4 Å². The van der Waals surface area contributed by atoms with E-state index in [4.69, 9.17) is 5.26 Å². The minimum atomic E-state index is -2.84. The molecule has 0 aliphatic carbocycles. The van der Waals surface area contributed by atoms with Crippen molar-refractivity contribution in [3.8, 4) is 6.07 Å². The summed E-state index contributed by atoms with van der Waals surface area (Å²) in [5.41, 5.74) is 2.54. The molecule has 20 heavy (non-hydrogen) atoms. The van der Waals surface area contributed by atoms with Gasteiger partial charge in [-0.2, -0.15) is 5.26 Å². The molecule has 1 fully saturated rings. The van der Waals surface area contributed by atoms with E-state index >= 15 is 0 Å². The molecular formula is C15H14N2O2S. The van der Waals surface area contributed by atoms with E-state index in [1.54, 1.807) is 6.07 Å². The first-order chi connectivity index (χ1) is 9.57. The molecule has 0 saturated carbocycles. The summed E-state index contributed by atoms with van der Waals surface area (Å²) in [7, 11) is -2.84. The first-order valence-electron chi connectivity index (χ1n) is 6.58. The lowest BCUT2D eigenvalue weighted by molar-refractivity contribution is 0.550. The molecule has 0 amide bonds. The molecule has 2 aromatic rings. The van der Waals surface area contributed by atoms with Crippen molar-refractivity contribution >= 4 is 20.7 Å². The van der Waals surface area contributed by atoms with Gasteiger partial charge in [0.2, 0.25) is 0 Å². The summed E-state index contributed by atoms with van der Waals surface area (Å²) in [4.78, 5) is 4.41. The van der Waals surface area contributed by atoms with Crippen LogP contribution in [-0.4, -0.2) is 24.9 Å².